The number of hydrogen-bond donors (Lipinski definition) is 1. The molecule has 1 heterocycles. The summed E-state index contributed by atoms with van der Waals surface area (Å²) in [5, 5.41) is 3.93. The average Bonchev–Trinajstić information content (AvgIpc) is 2.81. The summed E-state index contributed by atoms with van der Waals surface area (Å²) in [5.41, 5.74) is -0.125. The van der Waals surface area contributed by atoms with Crippen LogP contribution in [0, 0.1) is 0 Å². The number of anilines is 1. The molecule has 1 N–H and O–H groups in total. The van der Waals surface area contributed by atoms with Gasteiger partial charge in [-0.3, -0.25) is 4.79 Å². The fraction of sp³-hybridized carbons (Fsp3) is 0.0417. The van der Waals surface area contributed by atoms with Crippen molar-refractivity contribution >= 4 is 51.7 Å². The van der Waals surface area contributed by atoms with Gasteiger partial charge in [-0.25, -0.2) is 9.59 Å². The number of rotatable bonds is 5. The molecule has 0 aliphatic heterocycles. The van der Waals surface area contributed by atoms with Crippen molar-refractivity contribution in [3.05, 3.63) is 98.3 Å². The van der Waals surface area contributed by atoms with Crippen LogP contribution < -0.4 is 20.4 Å². The topological polar surface area (TPSA) is 94.8 Å². The van der Waals surface area contributed by atoms with E-state index in [2.05, 4.69) is 5.32 Å². The van der Waals surface area contributed by atoms with Crippen LogP contribution in [0.4, 0.5) is 5.69 Å². The highest BCUT2D eigenvalue weighted by Gasteiger charge is 2.17. The van der Waals surface area contributed by atoms with Gasteiger partial charge in [-0.05, 0) is 66.7 Å². The van der Waals surface area contributed by atoms with Crippen molar-refractivity contribution < 1.29 is 23.5 Å². The largest absolute Gasteiger partial charge is 0.497 e. The van der Waals surface area contributed by atoms with Crippen molar-refractivity contribution in [2.75, 3.05) is 12.4 Å². The molecule has 0 bridgehead atoms. The summed E-state index contributed by atoms with van der Waals surface area (Å²) in [5.74, 6) is -0.636. The lowest BCUT2D eigenvalue weighted by Crippen LogP contribution is -2.18. The number of benzene rings is 3. The molecule has 0 aliphatic carbocycles. The molecule has 0 atom stereocenters. The van der Waals surface area contributed by atoms with Gasteiger partial charge in [0.15, 0.2) is 0 Å². The summed E-state index contributed by atoms with van der Waals surface area (Å²) >= 11 is 12.0. The molecule has 0 saturated carbocycles. The Morgan fingerprint density at radius 1 is 0.909 bits per heavy atom. The Morgan fingerprint density at radius 3 is 2.36 bits per heavy atom. The quantitative estimate of drug-likeness (QED) is 0.226. The van der Waals surface area contributed by atoms with E-state index in [1.165, 1.54) is 43.5 Å². The first-order valence-electron chi connectivity index (χ1n) is 9.54. The summed E-state index contributed by atoms with van der Waals surface area (Å²) in [6.45, 7) is 0. The Morgan fingerprint density at radius 2 is 1.64 bits per heavy atom. The second-order valence-corrected chi connectivity index (χ2v) is 7.69. The molecule has 4 aromatic rings. The molecule has 0 radical (unpaired) electrons. The maximum absolute atomic E-state index is 12.5. The van der Waals surface area contributed by atoms with Crippen molar-refractivity contribution in [3.8, 4) is 11.5 Å². The molecule has 1 amide bonds. The number of nitrogens with one attached hydrogen (secondary N) is 1. The van der Waals surface area contributed by atoms with Gasteiger partial charge in [0, 0.05) is 16.0 Å². The molecule has 0 saturated heterocycles. The first-order valence-corrected chi connectivity index (χ1v) is 10.3. The van der Waals surface area contributed by atoms with Crippen LogP contribution in [0.2, 0.25) is 10.0 Å². The van der Waals surface area contributed by atoms with Crippen molar-refractivity contribution in [2.45, 2.75) is 0 Å². The van der Waals surface area contributed by atoms with E-state index in [4.69, 9.17) is 37.1 Å². The SMILES string of the molecule is COc1ccc2oc(=O)c(C(=O)Oc3ccc(C(=O)Nc4cc(Cl)ccc4Cl)cc3)cc2c1. The van der Waals surface area contributed by atoms with E-state index in [-0.39, 0.29) is 11.3 Å². The normalized spacial score (nSPS) is 10.6. The summed E-state index contributed by atoms with van der Waals surface area (Å²) in [6.07, 6.45) is 0. The minimum atomic E-state index is -0.892. The van der Waals surface area contributed by atoms with Crippen LogP contribution in [0.25, 0.3) is 11.0 Å². The second-order valence-electron chi connectivity index (χ2n) is 6.84. The fourth-order valence-corrected chi connectivity index (χ4v) is 3.33. The summed E-state index contributed by atoms with van der Waals surface area (Å²) in [7, 11) is 1.50. The highest BCUT2D eigenvalue weighted by atomic mass is 35.5. The van der Waals surface area contributed by atoms with Gasteiger partial charge in [-0.2, -0.15) is 0 Å². The number of methoxy groups -OCH3 is 1. The summed E-state index contributed by atoms with van der Waals surface area (Å²) in [4.78, 5) is 37.2. The number of hydrogen-bond acceptors (Lipinski definition) is 6. The van der Waals surface area contributed by atoms with Gasteiger partial charge in [0.2, 0.25) is 0 Å². The standard InChI is InChI=1S/C24H15Cl2NO6/c1-31-17-7-9-21-14(10-17)11-18(24(30)33-21)23(29)32-16-5-2-13(3-6-16)22(28)27-20-12-15(25)4-8-19(20)26/h2-12H,1H3,(H,27,28). The fourth-order valence-electron chi connectivity index (χ4n) is 2.99. The number of amides is 1. The Balaban J connectivity index is 1.50. The predicted octanol–water partition coefficient (Wildman–Crippen LogP) is 5.58. The third kappa shape index (κ3) is 5.00. The number of carbonyl (C=O) groups is 2. The van der Waals surface area contributed by atoms with Gasteiger partial charge in [0.25, 0.3) is 5.91 Å². The van der Waals surface area contributed by atoms with Gasteiger partial charge in [-0.15, -0.1) is 0 Å². The molecule has 3 aromatic carbocycles. The Labute approximate surface area is 197 Å². The number of esters is 1. The molecule has 0 spiro atoms. The molecular formula is C24H15Cl2NO6. The molecule has 0 fully saturated rings. The highest BCUT2D eigenvalue weighted by Crippen LogP contribution is 2.26. The predicted molar refractivity (Wildman–Crippen MR) is 125 cm³/mol. The molecule has 7 nitrogen and oxygen atoms in total. The van der Waals surface area contributed by atoms with Crippen LogP contribution in [0.3, 0.4) is 0 Å². The lowest BCUT2D eigenvalue weighted by molar-refractivity contribution is 0.0730. The van der Waals surface area contributed by atoms with E-state index in [0.717, 1.165) is 0 Å². The van der Waals surface area contributed by atoms with E-state index in [9.17, 15) is 14.4 Å². The highest BCUT2D eigenvalue weighted by molar-refractivity contribution is 6.35. The summed E-state index contributed by atoms with van der Waals surface area (Å²) < 4.78 is 15.6. The molecule has 33 heavy (non-hydrogen) atoms. The van der Waals surface area contributed by atoms with Gasteiger partial charge in [0.1, 0.15) is 22.6 Å². The minimum Gasteiger partial charge on any atom is -0.497 e. The maximum atomic E-state index is 12.5. The van der Waals surface area contributed by atoms with Crippen LogP contribution in [-0.4, -0.2) is 19.0 Å². The van der Waals surface area contributed by atoms with E-state index >= 15 is 0 Å². The number of fused-ring (bicyclic) bond motifs is 1. The monoisotopic (exact) mass is 483 g/mol. The molecule has 0 unspecified atom stereocenters. The first-order chi connectivity index (χ1) is 15.8. The van der Waals surface area contributed by atoms with Crippen LogP contribution in [0.5, 0.6) is 11.5 Å². The third-order valence-electron chi connectivity index (χ3n) is 4.66. The smallest absolute Gasteiger partial charge is 0.351 e. The van der Waals surface area contributed by atoms with Crippen LogP contribution in [0.1, 0.15) is 20.7 Å². The maximum Gasteiger partial charge on any atom is 0.351 e. The lowest BCUT2D eigenvalue weighted by atomic mass is 10.1. The first kappa shape index (κ1) is 22.4. The lowest BCUT2D eigenvalue weighted by Gasteiger charge is -2.09. The Bertz CT molecular complexity index is 1430. The van der Waals surface area contributed by atoms with Crippen molar-refractivity contribution in [2.24, 2.45) is 0 Å². The molecule has 1 aromatic heterocycles. The molecule has 166 valence electrons. The van der Waals surface area contributed by atoms with Crippen LogP contribution in [-0.2, 0) is 0 Å². The van der Waals surface area contributed by atoms with Crippen molar-refractivity contribution in [1.82, 2.24) is 0 Å². The van der Waals surface area contributed by atoms with Gasteiger partial charge >= 0.3 is 11.6 Å². The van der Waals surface area contributed by atoms with Gasteiger partial charge in [-0.1, -0.05) is 23.2 Å². The van der Waals surface area contributed by atoms with Crippen molar-refractivity contribution in [3.63, 3.8) is 0 Å². The molecule has 9 heteroatoms. The summed E-state index contributed by atoms with van der Waals surface area (Å²) in [6, 6.07) is 16.7. The number of carbonyl (C=O) groups excluding carboxylic acids is 2. The average molecular weight is 484 g/mol. The van der Waals surface area contributed by atoms with Crippen LogP contribution in [0.15, 0.2) is 75.9 Å². The second kappa shape index (κ2) is 9.36. The van der Waals surface area contributed by atoms with E-state index in [0.29, 0.717) is 38.0 Å². The molecular weight excluding hydrogens is 469 g/mol. The number of halogens is 2. The number of ether oxygens (including phenoxy) is 2. The van der Waals surface area contributed by atoms with E-state index in [1.807, 2.05) is 0 Å². The zero-order valence-electron chi connectivity index (χ0n) is 17.1. The molecule has 4 rings (SSSR count). The zero-order valence-corrected chi connectivity index (χ0v) is 18.6. The van der Waals surface area contributed by atoms with Gasteiger partial charge in [0.05, 0.1) is 17.8 Å². The van der Waals surface area contributed by atoms with E-state index < -0.39 is 17.5 Å². The van der Waals surface area contributed by atoms with Crippen molar-refractivity contribution in [1.29, 1.82) is 0 Å². The van der Waals surface area contributed by atoms with Crippen LogP contribution >= 0.6 is 23.2 Å². The van der Waals surface area contributed by atoms with Gasteiger partial charge < -0.3 is 19.2 Å². The molecule has 0 aliphatic rings. The minimum absolute atomic E-state index is 0.141. The zero-order chi connectivity index (χ0) is 23.5. The Kier molecular flexibility index (Phi) is 6.35. The van der Waals surface area contributed by atoms with E-state index in [1.54, 1.807) is 30.3 Å². The third-order valence-corrected chi connectivity index (χ3v) is 5.23. The Hall–Kier alpha value is -3.81.